The van der Waals surface area contributed by atoms with Crippen molar-refractivity contribution >= 4 is 69.9 Å². The van der Waals surface area contributed by atoms with E-state index < -0.39 is 29.6 Å². The van der Waals surface area contributed by atoms with E-state index in [0.717, 1.165) is 32.0 Å². The molecule has 1 aliphatic heterocycles. The smallest absolute Gasteiger partial charge is 0.339 e. The number of nitrogens with one attached hydrogen (secondary N) is 1. The fraction of sp³-hybridized carbons (Fsp3) is 0.143. The molecule has 0 atom stereocenters. The molecule has 0 unspecified atom stereocenters. The van der Waals surface area contributed by atoms with Gasteiger partial charge in [-0.1, -0.05) is 53.2 Å². The molecular formula is C28H23ClN2O5S2. The van der Waals surface area contributed by atoms with Gasteiger partial charge in [0, 0.05) is 15.5 Å². The Morgan fingerprint density at radius 3 is 2.34 bits per heavy atom. The highest BCUT2D eigenvalue weighted by atomic mass is 35.5. The first kappa shape index (κ1) is 27.5. The van der Waals surface area contributed by atoms with Gasteiger partial charge in [0.15, 0.2) is 0 Å². The number of halogens is 1. The van der Waals surface area contributed by atoms with E-state index >= 15 is 0 Å². The molecule has 0 saturated carbocycles. The molecule has 1 heterocycles. The van der Waals surface area contributed by atoms with Crippen molar-refractivity contribution in [3.8, 4) is 0 Å². The predicted molar refractivity (Wildman–Crippen MR) is 150 cm³/mol. The number of anilines is 1. The lowest BCUT2D eigenvalue weighted by Gasteiger charge is -2.13. The van der Waals surface area contributed by atoms with Crippen molar-refractivity contribution in [2.45, 2.75) is 23.6 Å². The molecule has 10 heteroatoms. The second-order valence-electron chi connectivity index (χ2n) is 8.22. The van der Waals surface area contributed by atoms with E-state index in [2.05, 4.69) is 29.6 Å². The molecule has 0 aromatic heterocycles. The fourth-order valence-electron chi connectivity index (χ4n) is 3.47. The quantitative estimate of drug-likeness (QED) is 0.241. The molecule has 0 bridgehead atoms. The number of aryl methyl sites for hydroxylation is 1. The van der Waals surface area contributed by atoms with Crippen molar-refractivity contribution in [1.29, 1.82) is 0 Å². The van der Waals surface area contributed by atoms with Crippen LogP contribution in [0.5, 0.6) is 0 Å². The van der Waals surface area contributed by atoms with E-state index in [-0.39, 0.29) is 27.8 Å². The summed E-state index contributed by atoms with van der Waals surface area (Å²) in [5.74, 6) is -1.76. The van der Waals surface area contributed by atoms with E-state index in [1.165, 1.54) is 23.8 Å². The molecule has 7 nitrogen and oxygen atoms in total. The maximum Gasteiger partial charge on any atom is 0.339 e. The van der Waals surface area contributed by atoms with E-state index in [1.807, 2.05) is 31.2 Å². The Morgan fingerprint density at radius 1 is 1.03 bits per heavy atom. The van der Waals surface area contributed by atoms with Crippen molar-refractivity contribution in [1.82, 2.24) is 4.90 Å². The Hall–Kier alpha value is -3.53. The summed E-state index contributed by atoms with van der Waals surface area (Å²) < 4.78 is 4.96. The number of nitrogens with zero attached hydrogens (tertiary/aromatic N) is 1. The highest BCUT2D eigenvalue weighted by molar-refractivity contribution is 8.18. The van der Waals surface area contributed by atoms with Gasteiger partial charge in [-0.15, -0.1) is 0 Å². The highest BCUT2D eigenvalue weighted by Crippen LogP contribution is 2.33. The van der Waals surface area contributed by atoms with Crippen LogP contribution in [0.2, 0.25) is 5.02 Å². The van der Waals surface area contributed by atoms with Gasteiger partial charge in [-0.25, -0.2) is 4.79 Å². The third-order valence-electron chi connectivity index (χ3n) is 5.36. The van der Waals surface area contributed by atoms with E-state index in [0.29, 0.717) is 0 Å². The third kappa shape index (κ3) is 6.86. The van der Waals surface area contributed by atoms with Crippen LogP contribution in [-0.2, 0) is 14.3 Å². The number of rotatable bonds is 8. The summed E-state index contributed by atoms with van der Waals surface area (Å²) in [6, 6.07) is 20.2. The van der Waals surface area contributed by atoms with Crippen molar-refractivity contribution < 1.29 is 23.9 Å². The van der Waals surface area contributed by atoms with Gasteiger partial charge in [0.1, 0.15) is 6.54 Å². The number of amides is 3. The minimum atomic E-state index is -0.619. The van der Waals surface area contributed by atoms with Crippen LogP contribution in [0.4, 0.5) is 10.5 Å². The summed E-state index contributed by atoms with van der Waals surface area (Å²) in [7, 11) is 0. The Balaban J connectivity index is 1.38. The van der Waals surface area contributed by atoms with Crippen molar-refractivity contribution in [3.63, 3.8) is 0 Å². The molecule has 194 valence electrons. The van der Waals surface area contributed by atoms with Crippen LogP contribution >= 0.6 is 35.1 Å². The molecule has 3 amide bonds. The van der Waals surface area contributed by atoms with Gasteiger partial charge in [0.2, 0.25) is 5.91 Å². The van der Waals surface area contributed by atoms with Crippen molar-refractivity contribution in [2.75, 3.05) is 18.5 Å². The van der Waals surface area contributed by atoms with Gasteiger partial charge in [-0.05, 0) is 79.7 Å². The average molecular weight is 567 g/mol. The molecule has 1 N–H and O–H groups in total. The molecule has 1 aliphatic rings. The Morgan fingerprint density at radius 2 is 1.68 bits per heavy atom. The largest absolute Gasteiger partial charge is 0.462 e. The molecule has 0 radical (unpaired) electrons. The first-order chi connectivity index (χ1) is 18.2. The third-order valence-corrected chi connectivity index (χ3v) is 7.61. The van der Waals surface area contributed by atoms with E-state index in [4.69, 9.17) is 16.3 Å². The maximum atomic E-state index is 12.9. The van der Waals surface area contributed by atoms with Crippen molar-refractivity contribution in [3.05, 3.63) is 93.3 Å². The van der Waals surface area contributed by atoms with Crippen LogP contribution in [0.25, 0.3) is 6.08 Å². The molecule has 1 fully saturated rings. The lowest BCUT2D eigenvalue weighted by Crippen LogP contribution is -2.36. The second-order valence-corrected chi connectivity index (χ2v) is 10.8. The molecule has 0 aliphatic carbocycles. The molecule has 38 heavy (non-hydrogen) atoms. The van der Waals surface area contributed by atoms with Crippen LogP contribution < -0.4 is 5.32 Å². The lowest BCUT2D eigenvalue weighted by atomic mass is 10.2. The number of benzene rings is 3. The first-order valence-corrected chi connectivity index (χ1v) is 13.6. The summed E-state index contributed by atoms with van der Waals surface area (Å²) in [5.41, 5.74) is 2.35. The van der Waals surface area contributed by atoms with Gasteiger partial charge < -0.3 is 10.1 Å². The zero-order chi connectivity index (χ0) is 27.2. The number of hydrogen-bond donors (Lipinski definition) is 1. The fourth-order valence-corrected chi connectivity index (χ4v) is 5.32. The first-order valence-electron chi connectivity index (χ1n) is 11.6. The lowest BCUT2D eigenvalue weighted by molar-refractivity contribution is -0.127. The van der Waals surface area contributed by atoms with Crippen LogP contribution in [0.3, 0.4) is 0 Å². The number of hydrogen-bond acceptors (Lipinski definition) is 7. The van der Waals surface area contributed by atoms with Gasteiger partial charge in [-0.3, -0.25) is 19.3 Å². The minimum absolute atomic E-state index is 0.101. The number of esters is 1. The van der Waals surface area contributed by atoms with E-state index in [1.54, 1.807) is 24.8 Å². The maximum absolute atomic E-state index is 12.9. The standard InChI is InChI=1S/C28H23ClN2O5S2/c1-3-36-27(34)22-15-19(8-13-23(22)29)30-25(32)16-31-26(33)24(38-28(31)35)14-18-6-11-21(12-7-18)37-20-9-4-17(2)5-10-20/h4-15H,3,16H2,1-2H3,(H,30,32)/b24-14-. The predicted octanol–water partition coefficient (Wildman–Crippen LogP) is 6.65. The SMILES string of the molecule is CCOC(=O)c1cc(NC(=O)CN2C(=O)S/C(=C\c3ccc(Sc4ccc(C)cc4)cc3)C2=O)ccc1Cl. The Bertz CT molecular complexity index is 1420. The molecule has 0 spiro atoms. The van der Waals surface area contributed by atoms with Crippen LogP contribution in [0, 0.1) is 6.92 Å². The van der Waals surface area contributed by atoms with Crippen LogP contribution in [-0.4, -0.2) is 41.1 Å². The molecule has 1 saturated heterocycles. The number of thioether (sulfide) groups is 1. The molecule has 3 aromatic carbocycles. The number of carbonyl (C=O) groups is 4. The number of carbonyl (C=O) groups excluding carboxylic acids is 4. The Labute approximate surface area is 233 Å². The highest BCUT2D eigenvalue weighted by Gasteiger charge is 2.36. The van der Waals surface area contributed by atoms with Gasteiger partial charge in [-0.2, -0.15) is 0 Å². The summed E-state index contributed by atoms with van der Waals surface area (Å²) in [5, 5.41) is 2.23. The zero-order valence-electron chi connectivity index (χ0n) is 20.5. The molecule has 4 rings (SSSR count). The summed E-state index contributed by atoms with van der Waals surface area (Å²) in [6.07, 6.45) is 1.63. The van der Waals surface area contributed by atoms with Crippen molar-refractivity contribution in [2.24, 2.45) is 0 Å². The molecule has 3 aromatic rings. The topological polar surface area (TPSA) is 92.8 Å². The summed E-state index contributed by atoms with van der Waals surface area (Å²) >= 11 is 8.46. The average Bonchev–Trinajstić information content (AvgIpc) is 3.15. The number of ether oxygens (including phenoxy) is 1. The van der Waals surface area contributed by atoms with Gasteiger partial charge in [0.05, 0.1) is 22.1 Å². The normalized spacial score (nSPS) is 14.2. The summed E-state index contributed by atoms with van der Waals surface area (Å²) in [4.78, 5) is 53.2. The van der Waals surface area contributed by atoms with Crippen LogP contribution in [0.1, 0.15) is 28.4 Å². The monoisotopic (exact) mass is 566 g/mol. The minimum Gasteiger partial charge on any atom is -0.462 e. The number of imide groups is 1. The molecular weight excluding hydrogens is 544 g/mol. The second kappa shape index (κ2) is 12.3. The van der Waals surface area contributed by atoms with Crippen LogP contribution in [0.15, 0.2) is 81.4 Å². The van der Waals surface area contributed by atoms with Gasteiger partial charge >= 0.3 is 5.97 Å². The van der Waals surface area contributed by atoms with Gasteiger partial charge in [0.25, 0.3) is 11.1 Å². The summed E-state index contributed by atoms with van der Waals surface area (Å²) in [6.45, 7) is 3.42. The van der Waals surface area contributed by atoms with E-state index in [9.17, 15) is 19.2 Å². The Kier molecular flexibility index (Phi) is 8.93. The zero-order valence-corrected chi connectivity index (χ0v) is 22.9.